The summed E-state index contributed by atoms with van der Waals surface area (Å²) in [6.45, 7) is 0. The Labute approximate surface area is 171 Å². The van der Waals surface area contributed by atoms with Gasteiger partial charge in [0.2, 0.25) is 0 Å². The maximum absolute atomic E-state index is 12.5. The van der Waals surface area contributed by atoms with Crippen LogP contribution < -0.4 is 4.74 Å². The second kappa shape index (κ2) is 8.30. The first-order valence-electron chi connectivity index (χ1n) is 7.51. The fraction of sp³-hybridized carbons (Fsp3) is 0.0500. The normalized spacial score (nSPS) is 10.5. The number of halogens is 3. The largest absolute Gasteiger partial charge is 0.457 e. The number of carbonyl (C=O) groups is 1. The zero-order valence-electron chi connectivity index (χ0n) is 13.0. The van der Waals surface area contributed by atoms with Gasteiger partial charge in [0.15, 0.2) is 5.78 Å². The molecule has 0 radical (unpaired) electrons. The molecule has 126 valence electrons. The molecule has 5 heteroatoms. The number of hydrogen-bond donors (Lipinski definition) is 0. The molecule has 0 spiro atoms. The molecule has 0 amide bonds. The minimum atomic E-state index is 0.0696. The average Bonchev–Trinajstić information content (AvgIpc) is 2.56. The van der Waals surface area contributed by atoms with E-state index in [0.717, 1.165) is 24.7 Å². The number of benzene rings is 3. The fourth-order valence-electron chi connectivity index (χ4n) is 2.35. The molecule has 2 nitrogen and oxygen atoms in total. The van der Waals surface area contributed by atoms with Gasteiger partial charge in [0.25, 0.3) is 0 Å². The van der Waals surface area contributed by atoms with Crippen LogP contribution in [0.5, 0.6) is 11.5 Å². The number of carbonyl (C=O) groups excluding carboxylic acids is 1. The van der Waals surface area contributed by atoms with E-state index < -0.39 is 0 Å². The molecule has 0 aliphatic rings. The van der Waals surface area contributed by atoms with Crippen molar-refractivity contribution in [2.24, 2.45) is 0 Å². The van der Waals surface area contributed by atoms with Crippen LogP contribution >= 0.6 is 47.8 Å². The Morgan fingerprint density at radius 1 is 0.720 bits per heavy atom. The van der Waals surface area contributed by atoms with Gasteiger partial charge in [0.1, 0.15) is 11.5 Å². The topological polar surface area (TPSA) is 26.3 Å². The smallest absolute Gasteiger partial charge is 0.167 e. The molecule has 3 aromatic carbocycles. The van der Waals surface area contributed by atoms with Crippen molar-refractivity contribution in [2.75, 3.05) is 0 Å². The van der Waals surface area contributed by atoms with E-state index in [2.05, 4.69) is 47.8 Å². The van der Waals surface area contributed by atoms with Crippen molar-refractivity contribution in [3.05, 3.63) is 91.3 Å². The summed E-state index contributed by atoms with van der Waals surface area (Å²) in [4.78, 5) is 12.5. The van der Waals surface area contributed by atoms with Gasteiger partial charge in [-0.2, -0.15) is 0 Å². The Kier molecular flexibility index (Phi) is 6.10. The molecular formula is C20H13Br3O2. The van der Waals surface area contributed by atoms with E-state index in [1.165, 1.54) is 0 Å². The van der Waals surface area contributed by atoms with Crippen LogP contribution in [-0.4, -0.2) is 5.78 Å². The van der Waals surface area contributed by atoms with Crippen LogP contribution in [0.3, 0.4) is 0 Å². The van der Waals surface area contributed by atoms with Gasteiger partial charge in [-0.25, -0.2) is 0 Å². The van der Waals surface area contributed by atoms with Crippen molar-refractivity contribution in [1.29, 1.82) is 0 Å². The van der Waals surface area contributed by atoms with Crippen LogP contribution in [0.15, 0.2) is 80.1 Å². The third-order valence-electron chi connectivity index (χ3n) is 3.51. The molecule has 0 heterocycles. The van der Waals surface area contributed by atoms with Gasteiger partial charge in [0, 0.05) is 25.4 Å². The molecule has 0 aliphatic carbocycles. The maximum Gasteiger partial charge on any atom is 0.167 e. The van der Waals surface area contributed by atoms with E-state index in [-0.39, 0.29) is 5.78 Å². The van der Waals surface area contributed by atoms with Crippen molar-refractivity contribution in [1.82, 2.24) is 0 Å². The number of hydrogen-bond acceptors (Lipinski definition) is 2. The zero-order valence-corrected chi connectivity index (χ0v) is 17.8. The molecule has 0 unspecified atom stereocenters. The van der Waals surface area contributed by atoms with Crippen molar-refractivity contribution in [3.8, 4) is 11.5 Å². The van der Waals surface area contributed by atoms with Gasteiger partial charge < -0.3 is 4.74 Å². The number of ether oxygens (including phenoxy) is 1. The second-order valence-electron chi connectivity index (χ2n) is 5.46. The predicted octanol–water partition coefficient (Wildman–Crippen LogP) is 7.19. The summed E-state index contributed by atoms with van der Waals surface area (Å²) in [6, 6.07) is 20.7. The first-order chi connectivity index (χ1) is 12.0. The highest BCUT2D eigenvalue weighted by Gasteiger charge is 2.09. The molecule has 3 aromatic rings. The lowest BCUT2D eigenvalue weighted by molar-refractivity contribution is 0.0993. The molecule has 0 fully saturated rings. The molecule has 3 rings (SSSR count). The lowest BCUT2D eigenvalue weighted by atomic mass is 10.0. The van der Waals surface area contributed by atoms with Crippen LogP contribution in [-0.2, 0) is 6.42 Å². The Balaban J connectivity index is 1.68. The third kappa shape index (κ3) is 5.27. The van der Waals surface area contributed by atoms with Gasteiger partial charge in [-0.1, -0.05) is 47.8 Å². The Morgan fingerprint density at radius 2 is 1.24 bits per heavy atom. The summed E-state index contributed by atoms with van der Waals surface area (Å²) in [5, 5.41) is 0. The molecule has 25 heavy (non-hydrogen) atoms. The first-order valence-corrected chi connectivity index (χ1v) is 9.89. The van der Waals surface area contributed by atoms with Gasteiger partial charge >= 0.3 is 0 Å². The molecule has 0 aromatic heterocycles. The van der Waals surface area contributed by atoms with Crippen LogP contribution in [0, 0.1) is 0 Å². The highest BCUT2D eigenvalue weighted by atomic mass is 79.9. The SMILES string of the molecule is O=C(Cc1cc(Br)cc(Br)c1)c1ccc(Oc2ccc(Br)cc2)cc1. The molecular weight excluding hydrogens is 512 g/mol. The average molecular weight is 525 g/mol. The Bertz CT molecular complexity index is 868. The Morgan fingerprint density at radius 3 is 1.80 bits per heavy atom. The van der Waals surface area contributed by atoms with E-state index >= 15 is 0 Å². The highest BCUT2D eigenvalue weighted by Crippen LogP contribution is 2.25. The number of ketones is 1. The van der Waals surface area contributed by atoms with Crippen molar-refractivity contribution >= 4 is 53.6 Å². The standard InChI is InChI=1S/C20H13Br3O2/c21-15-3-7-19(8-4-15)25-18-5-1-14(2-6-18)20(24)11-13-9-16(22)12-17(23)10-13/h1-10,12H,11H2. The lowest BCUT2D eigenvalue weighted by Gasteiger charge is -2.07. The lowest BCUT2D eigenvalue weighted by Crippen LogP contribution is -2.03. The minimum absolute atomic E-state index is 0.0696. The van der Waals surface area contributed by atoms with Crippen molar-refractivity contribution in [3.63, 3.8) is 0 Å². The van der Waals surface area contributed by atoms with Crippen molar-refractivity contribution in [2.45, 2.75) is 6.42 Å². The number of rotatable bonds is 5. The van der Waals surface area contributed by atoms with Crippen LogP contribution in [0.2, 0.25) is 0 Å². The summed E-state index contributed by atoms with van der Waals surface area (Å²) in [5.41, 5.74) is 1.63. The first kappa shape index (κ1) is 18.4. The predicted molar refractivity (Wildman–Crippen MR) is 111 cm³/mol. The van der Waals surface area contributed by atoms with Gasteiger partial charge in [0.05, 0.1) is 0 Å². The quantitative estimate of drug-likeness (QED) is 0.330. The maximum atomic E-state index is 12.5. The summed E-state index contributed by atoms with van der Waals surface area (Å²) in [7, 11) is 0. The van der Waals surface area contributed by atoms with E-state index in [9.17, 15) is 4.79 Å². The summed E-state index contributed by atoms with van der Waals surface area (Å²) in [6.07, 6.45) is 0.352. The second-order valence-corrected chi connectivity index (χ2v) is 8.21. The fourth-order valence-corrected chi connectivity index (χ4v) is 4.00. The van der Waals surface area contributed by atoms with E-state index in [1.807, 2.05) is 54.6 Å². The molecule has 0 saturated carbocycles. The van der Waals surface area contributed by atoms with Gasteiger partial charge in [-0.05, 0) is 72.3 Å². The van der Waals surface area contributed by atoms with E-state index in [1.54, 1.807) is 12.1 Å². The summed E-state index contributed by atoms with van der Waals surface area (Å²) in [5.74, 6) is 1.52. The minimum Gasteiger partial charge on any atom is -0.457 e. The monoisotopic (exact) mass is 522 g/mol. The third-order valence-corrected chi connectivity index (χ3v) is 4.96. The van der Waals surface area contributed by atoms with Crippen molar-refractivity contribution < 1.29 is 9.53 Å². The van der Waals surface area contributed by atoms with Crippen LogP contribution in [0.1, 0.15) is 15.9 Å². The number of Topliss-reactive ketones (excluding diaryl/α,β-unsaturated/α-hetero) is 1. The van der Waals surface area contributed by atoms with E-state index in [0.29, 0.717) is 17.7 Å². The molecule has 0 atom stereocenters. The molecule has 0 bridgehead atoms. The zero-order chi connectivity index (χ0) is 17.8. The van der Waals surface area contributed by atoms with Gasteiger partial charge in [-0.15, -0.1) is 0 Å². The van der Waals surface area contributed by atoms with E-state index in [4.69, 9.17) is 4.74 Å². The molecule has 0 aliphatic heterocycles. The van der Waals surface area contributed by atoms with Crippen LogP contribution in [0.25, 0.3) is 0 Å². The molecule has 0 saturated heterocycles. The van der Waals surface area contributed by atoms with Crippen LogP contribution in [0.4, 0.5) is 0 Å². The summed E-state index contributed by atoms with van der Waals surface area (Å²) < 4.78 is 8.67. The highest BCUT2D eigenvalue weighted by molar-refractivity contribution is 9.11. The Hall–Kier alpha value is -1.43. The van der Waals surface area contributed by atoms with Gasteiger partial charge in [-0.3, -0.25) is 4.79 Å². The summed E-state index contributed by atoms with van der Waals surface area (Å²) >= 11 is 10.3. The molecule has 0 N–H and O–H groups in total.